The van der Waals surface area contributed by atoms with Gasteiger partial charge in [0.2, 0.25) is 5.95 Å². The molecule has 2 aromatic heterocycles. The number of anilines is 3. The second-order valence-electron chi connectivity index (χ2n) is 8.08. The van der Waals surface area contributed by atoms with Gasteiger partial charge in [-0.15, -0.1) is 0 Å². The highest BCUT2D eigenvalue weighted by Gasteiger charge is 2.18. The van der Waals surface area contributed by atoms with E-state index in [-0.39, 0.29) is 10.6 Å². The van der Waals surface area contributed by atoms with Gasteiger partial charge in [0.1, 0.15) is 0 Å². The summed E-state index contributed by atoms with van der Waals surface area (Å²) in [4.78, 5) is 22.5. The number of hydrogen-bond acceptors (Lipinski definition) is 7. The molecule has 1 fully saturated rings. The summed E-state index contributed by atoms with van der Waals surface area (Å²) in [7, 11) is 1.88. The van der Waals surface area contributed by atoms with Gasteiger partial charge >= 0.3 is 0 Å². The first-order valence-corrected chi connectivity index (χ1v) is 10.8. The molecule has 0 spiro atoms. The van der Waals surface area contributed by atoms with E-state index >= 15 is 0 Å². The fraction of sp³-hybridized carbons (Fsp3) is 0.250. The SMILES string of the molecule is Cc1cnc(Nc2ccccc2N2CCOCC2)nc1-c1cn(C)c2cc([N+](=O)[O-])ccc12. The summed E-state index contributed by atoms with van der Waals surface area (Å²) in [6.07, 6.45) is 3.75. The molecule has 0 atom stereocenters. The minimum Gasteiger partial charge on any atom is -0.378 e. The number of non-ortho nitro benzene ring substituents is 1. The Morgan fingerprint density at radius 3 is 2.73 bits per heavy atom. The lowest BCUT2D eigenvalue weighted by molar-refractivity contribution is -0.384. The average molecular weight is 444 g/mol. The number of morpholine rings is 1. The standard InChI is InChI=1S/C24H24N6O3/c1-16-14-25-24(26-20-5-3-4-6-21(20)29-9-11-33-12-10-29)27-23(16)19-15-28(2)22-13-17(30(31)32)7-8-18(19)22/h3-8,13-15H,9-12H2,1-2H3,(H,25,26,27). The molecule has 2 aromatic carbocycles. The van der Waals surface area contributed by atoms with Crippen molar-refractivity contribution in [2.75, 3.05) is 36.5 Å². The highest BCUT2D eigenvalue weighted by molar-refractivity contribution is 5.97. The van der Waals surface area contributed by atoms with E-state index in [4.69, 9.17) is 9.72 Å². The van der Waals surface area contributed by atoms with Crippen molar-refractivity contribution < 1.29 is 9.66 Å². The summed E-state index contributed by atoms with van der Waals surface area (Å²) < 4.78 is 7.38. The molecule has 0 amide bonds. The number of para-hydroxylation sites is 2. The van der Waals surface area contributed by atoms with Gasteiger partial charge in [-0.3, -0.25) is 10.1 Å². The number of rotatable bonds is 5. The normalized spacial score (nSPS) is 13.9. The summed E-state index contributed by atoms with van der Waals surface area (Å²) in [6.45, 7) is 5.05. The van der Waals surface area contributed by atoms with Gasteiger partial charge in [0.15, 0.2) is 0 Å². The number of ether oxygens (including phenoxy) is 1. The Morgan fingerprint density at radius 1 is 1.15 bits per heavy atom. The van der Waals surface area contributed by atoms with Crippen LogP contribution < -0.4 is 10.2 Å². The minimum absolute atomic E-state index is 0.0664. The molecule has 1 aliphatic heterocycles. The maximum Gasteiger partial charge on any atom is 0.271 e. The van der Waals surface area contributed by atoms with Gasteiger partial charge in [0, 0.05) is 55.6 Å². The van der Waals surface area contributed by atoms with E-state index in [2.05, 4.69) is 21.3 Å². The Balaban J connectivity index is 1.52. The van der Waals surface area contributed by atoms with Crippen LogP contribution in [0.15, 0.2) is 54.9 Å². The molecule has 3 heterocycles. The first kappa shape index (κ1) is 20.9. The van der Waals surface area contributed by atoms with Crippen LogP contribution in [0.5, 0.6) is 0 Å². The summed E-state index contributed by atoms with van der Waals surface area (Å²) in [5.41, 5.74) is 5.49. The molecule has 9 nitrogen and oxygen atoms in total. The fourth-order valence-electron chi connectivity index (χ4n) is 4.23. The Bertz CT molecular complexity index is 1340. The first-order chi connectivity index (χ1) is 16.0. The Hall–Kier alpha value is -3.98. The molecule has 33 heavy (non-hydrogen) atoms. The van der Waals surface area contributed by atoms with Crippen LogP contribution in [0.25, 0.3) is 22.2 Å². The van der Waals surface area contributed by atoms with E-state index in [0.29, 0.717) is 19.2 Å². The molecule has 4 aromatic rings. The lowest BCUT2D eigenvalue weighted by atomic mass is 10.1. The largest absolute Gasteiger partial charge is 0.378 e. The van der Waals surface area contributed by atoms with E-state index in [9.17, 15) is 10.1 Å². The van der Waals surface area contributed by atoms with E-state index in [1.807, 2.05) is 42.9 Å². The third-order valence-corrected chi connectivity index (χ3v) is 5.91. The molecular weight excluding hydrogens is 420 g/mol. The highest BCUT2D eigenvalue weighted by Crippen LogP contribution is 2.34. The third-order valence-electron chi connectivity index (χ3n) is 5.91. The molecule has 0 bridgehead atoms. The molecule has 1 aliphatic rings. The monoisotopic (exact) mass is 444 g/mol. The van der Waals surface area contributed by atoms with Crippen molar-refractivity contribution in [2.24, 2.45) is 7.05 Å². The number of hydrogen-bond donors (Lipinski definition) is 1. The van der Waals surface area contributed by atoms with Crippen molar-refractivity contribution >= 4 is 33.9 Å². The van der Waals surface area contributed by atoms with E-state index in [1.165, 1.54) is 6.07 Å². The number of nitrogens with zero attached hydrogens (tertiary/aromatic N) is 5. The van der Waals surface area contributed by atoms with Gasteiger partial charge < -0.3 is 19.5 Å². The van der Waals surface area contributed by atoms with Crippen molar-refractivity contribution in [1.29, 1.82) is 0 Å². The Kier molecular flexibility index (Phi) is 5.39. The van der Waals surface area contributed by atoms with Gasteiger partial charge in [0.05, 0.1) is 40.7 Å². The Labute approximate surface area is 190 Å². The molecule has 0 aliphatic carbocycles. The average Bonchev–Trinajstić information content (AvgIpc) is 3.17. The molecule has 0 unspecified atom stereocenters. The first-order valence-electron chi connectivity index (χ1n) is 10.8. The van der Waals surface area contributed by atoms with Gasteiger partial charge in [-0.2, -0.15) is 0 Å². The molecule has 0 saturated carbocycles. The number of fused-ring (bicyclic) bond motifs is 1. The maximum absolute atomic E-state index is 11.2. The summed E-state index contributed by atoms with van der Waals surface area (Å²) >= 11 is 0. The molecule has 5 rings (SSSR count). The summed E-state index contributed by atoms with van der Waals surface area (Å²) in [5.74, 6) is 0.496. The molecule has 1 saturated heterocycles. The molecule has 0 radical (unpaired) electrons. The minimum atomic E-state index is -0.379. The van der Waals surface area contributed by atoms with Crippen molar-refractivity contribution in [3.05, 3.63) is 70.5 Å². The van der Waals surface area contributed by atoms with Gasteiger partial charge in [-0.25, -0.2) is 9.97 Å². The second-order valence-corrected chi connectivity index (χ2v) is 8.08. The van der Waals surface area contributed by atoms with Gasteiger partial charge in [-0.05, 0) is 30.7 Å². The van der Waals surface area contributed by atoms with Crippen LogP contribution in [-0.2, 0) is 11.8 Å². The van der Waals surface area contributed by atoms with Crippen LogP contribution in [0.4, 0.5) is 23.0 Å². The lowest BCUT2D eigenvalue weighted by Crippen LogP contribution is -2.36. The number of nitro benzene ring substituents is 1. The van der Waals surface area contributed by atoms with Crippen molar-refractivity contribution in [2.45, 2.75) is 6.92 Å². The van der Waals surface area contributed by atoms with E-state index in [0.717, 1.165) is 52.2 Å². The number of nitro groups is 1. The van der Waals surface area contributed by atoms with Crippen molar-refractivity contribution in [1.82, 2.24) is 14.5 Å². The summed E-state index contributed by atoms with van der Waals surface area (Å²) in [5, 5.41) is 15.5. The number of aromatic nitrogens is 3. The predicted molar refractivity (Wildman–Crippen MR) is 128 cm³/mol. The zero-order chi connectivity index (χ0) is 22.9. The molecule has 9 heteroatoms. The topological polar surface area (TPSA) is 98.3 Å². The molecular formula is C24H24N6O3. The van der Waals surface area contributed by atoms with Gasteiger partial charge in [-0.1, -0.05) is 12.1 Å². The maximum atomic E-state index is 11.2. The smallest absolute Gasteiger partial charge is 0.271 e. The highest BCUT2D eigenvalue weighted by atomic mass is 16.6. The quantitative estimate of drug-likeness (QED) is 0.359. The zero-order valence-corrected chi connectivity index (χ0v) is 18.5. The molecule has 168 valence electrons. The second kappa shape index (κ2) is 8.51. The van der Waals surface area contributed by atoms with E-state index < -0.39 is 0 Å². The number of nitrogens with one attached hydrogen (secondary N) is 1. The third kappa shape index (κ3) is 3.98. The predicted octanol–water partition coefficient (Wildman–Crippen LogP) is 4.43. The van der Waals surface area contributed by atoms with Crippen LogP contribution in [0, 0.1) is 17.0 Å². The number of benzene rings is 2. The van der Waals surface area contributed by atoms with Crippen LogP contribution in [0.2, 0.25) is 0 Å². The van der Waals surface area contributed by atoms with Crippen LogP contribution in [0.3, 0.4) is 0 Å². The zero-order valence-electron chi connectivity index (χ0n) is 18.5. The van der Waals surface area contributed by atoms with Crippen molar-refractivity contribution in [3.8, 4) is 11.3 Å². The molecule has 1 N–H and O–H groups in total. The van der Waals surface area contributed by atoms with Crippen LogP contribution >= 0.6 is 0 Å². The van der Waals surface area contributed by atoms with Crippen LogP contribution in [0.1, 0.15) is 5.56 Å². The summed E-state index contributed by atoms with van der Waals surface area (Å²) in [6, 6.07) is 13.0. The fourth-order valence-corrected chi connectivity index (χ4v) is 4.23. The van der Waals surface area contributed by atoms with Gasteiger partial charge in [0.25, 0.3) is 5.69 Å². The van der Waals surface area contributed by atoms with E-state index in [1.54, 1.807) is 18.3 Å². The lowest BCUT2D eigenvalue weighted by Gasteiger charge is -2.30. The Morgan fingerprint density at radius 2 is 1.94 bits per heavy atom. The van der Waals surface area contributed by atoms with Crippen LogP contribution in [-0.4, -0.2) is 45.8 Å². The number of aryl methyl sites for hydroxylation is 2. The van der Waals surface area contributed by atoms with Crippen molar-refractivity contribution in [3.63, 3.8) is 0 Å².